The second-order valence-corrected chi connectivity index (χ2v) is 4.93. The average molecular weight is 263 g/mol. The van der Waals surface area contributed by atoms with Gasteiger partial charge in [-0.05, 0) is 30.0 Å². The molecule has 18 heavy (non-hydrogen) atoms. The van der Waals surface area contributed by atoms with E-state index >= 15 is 0 Å². The lowest BCUT2D eigenvalue weighted by atomic mass is 10.2. The van der Waals surface area contributed by atoms with Gasteiger partial charge in [0.1, 0.15) is 5.69 Å². The molecule has 0 saturated heterocycles. The Bertz CT molecular complexity index is 580. The molecule has 0 bridgehead atoms. The number of nitrogens with two attached hydrogens (primary N) is 1. The van der Waals surface area contributed by atoms with E-state index in [1.54, 1.807) is 12.1 Å². The number of anilines is 2. The number of thiophene rings is 1. The molecule has 6 heteroatoms. The molecule has 2 rings (SSSR count). The lowest BCUT2D eigenvalue weighted by Gasteiger charge is -2.07. The van der Waals surface area contributed by atoms with Crippen LogP contribution in [0.2, 0.25) is 0 Å². The highest BCUT2D eigenvalue weighted by Gasteiger charge is 2.13. The van der Waals surface area contributed by atoms with Gasteiger partial charge in [0, 0.05) is 16.6 Å². The van der Waals surface area contributed by atoms with Gasteiger partial charge in [0.25, 0.3) is 5.69 Å². The summed E-state index contributed by atoms with van der Waals surface area (Å²) in [4.78, 5) is 11.5. The SMILES string of the molecule is Cc1ccc([N+](=O)[O-])c(NCc2sccc2N)c1. The molecule has 0 aliphatic rings. The molecule has 2 aromatic rings. The van der Waals surface area contributed by atoms with Crippen LogP contribution in [0.4, 0.5) is 17.1 Å². The van der Waals surface area contributed by atoms with Crippen LogP contribution in [0.3, 0.4) is 0 Å². The van der Waals surface area contributed by atoms with Crippen molar-refractivity contribution in [3.05, 3.63) is 50.2 Å². The number of nitrogen functional groups attached to an aromatic ring is 1. The van der Waals surface area contributed by atoms with Gasteiger partial charge in [0.15, 0.2) is 0 Å². The predicted molar refractivity (Wildman–Crippen MR) is 73.9 cm³/mol. The van der Waals surface area contributed by atoms with Crippen LogP contribution < -0.4 is 11.1 Å². The zero-order chi connectivity index (χ0) is 13.1. The fourth-order valence-corrected chi connectivity index (χ4v) is 2.36. The van der Waals surface area contributed by atoms with Crippen LogP contribution in [-0.2, 0) is 6.54 Å². The number of rotatable bonds is 4. The number of benzene rings is 1. The molecule has 1 aromatic carbocycles. The van der Waals surface area contributed by atoms with Crippen molar-refractivity contribution in [1.82, 2.24) is 0 Å². The van der Waals surface area contributed by atoms with Crippen molar-refractivity contribution in [2.24, 2.45) is 0 Å². The van der Waals surface area contributed by atoms with Gasteiger partial charge >= 0.3 is 0 Å². The van der Waals surface area contributed by atoms with Gasteiger partial charge in [-0.3, -0.25) is 10.1 Å². The Hall–Kier alpha value is -2.08. The smallest absolute Gasteiger partial charge is 0.292 e. The zero-order valence-corrected chi connectivity index (χ0v) is 10.7. The van der Waals surface area contributed by atoms with E-state index in [1.165, 1.54) is 17.4 Å². The van der Waals surface area contributed by atoms with Crippen molar-refractivity contribution >= 4 is 28.4 Å². The Morgan fingerprint density at radius 3 is 2.83 bits per heavy atom. The highest BCUT2D eigenvalue weighted by Crippen LogP contribution is 2.27. The molecule has 0 aliphatic carbocycles. The van der Waals surface area contributed by atoms with Crippen LogP contribution in [0.1, 0.15) is 10.4 Å². The molecule has 0 aliphatic heterocycles. The predicted octanol–water partition coefficient (Wildman–Crippen LogP) is 3.16. The molecule has 1 heterocycles. The van der Waals surface area contributed by atoms with Crippen molar-refractivity contribution in [3.63, 3.8) is 0 Å². The molecule has 94 valence electrons. The molecule has 0 atom stereocenters. The van der Waals surface area contributed by atoms with Crippen molar-refractivity contribution in [3.8, 4) is 0 Å². The third-order valence-corrected chi connectivity index (χ3v) is 3.50. The van der Waals surface area contributed by atoms with Crippen molar-refractivity contribution < 1.29 is 4.92 Å². The van der Waals surface area contributed by atoms with E-state index in [2.05, 4.69) is 5.32 Å². The molecule has 0 fully saturated rings. The highest BCUT2D eigenvalue weighted by atomic mass is 32.1. The van der Waals surface area contributed by atoms with E-state index < -0.39 is 0 Å². The minimum absolute atomic E-state index is 0.0794. The monoisotopic (exact) mass is 263 g/mol. The molecule has 0 spiro atoms. The van der Waals surface area contributed by atoms with E-state index in [0.29, 0.717) is 17.9 Å². The Labute approximate surface area is 108 Å². The Morgan fingerprint density at radius 2 is 2.22 bits per heavy atom. The second kappa shape index (κ2) is 5.05. The van der Waals surface area contributed by atoms with Gasteiger partial charge in [-0.25, -0.2) is 0 Å². The van der Waals surface area contributed by atoms with Crippen LogP contribution >= 0.6 is 11.3 Å². The maximum Gasteiger partial charge on any atom is 0.292 e. The molecule has 1 aromatic heterocycles. The van der Waals surface area contributed by atoms with Crippen LogP contribution in [0, 0.1) is 17.0 Å². The van der Waals surface area contributed by atoms with Gasteiger partial charge < -0.3 is 11.1 Å². The molecular formula is C12H13N3O2S. The number of nitrogens with zero attached hydrogens (tertiary/aromatic N) is 1. The highest BCUT2D eigenvalue weighted by molar-refractivity contribution is 7.10. The fraction of sp³-hybridized carbons (Fsp3) is 0.167. The quantitative estimate of drug-likeness (QED) is 0.655. The number of nitrogens with one attached hydrogen (secondary N) is 1. The van der Waals surface area contributed by atoms with Gasteiger partial charge in [-0.15, -0.1) is 11.3 Å². The summed E-state index contributed by atoms with van der Waals surface area (Å²) in [5.74, 6) is 0. The van der Waals surface area contributed by atoms with Crippen LogP contribution in [0.5, 0.6) is 0 Å². The first kappa shape index (κ1) is 12.4. The maximum absolute atomic E-state index is 10.9. The van der Waals surface area contributed by atoms with Gasteiger partial charge in [0.2, 0.25) is 0 Å². The molecule has 3 N–H and O–H groups in total. The summed E-state index contributed by atoms with van der Waals surface area (Å²) in [5, 5.41) is 15.9. The topological polar surface area (TPSA) is 81.2 Å². The summed E-state index contributed by atoms with van der Waals surface area (Å²) >= 11 is 1.53. The Balaban J connectivity index is 2.20. The van der Waals surface area contributed by atoms with Crippen LogP contribution in [0.25, 0.3) is 0 Å². The number of nitro groups is 1. The Kier molecular flexibility index (Phi) is 3.47. The number of nitro benzene ring substituents is 1. The standard InChI is InChI=1S/C12H13N3O2S/c1-8-2-3-11(15(16)17)10(6-8)14-7-12-9(13)4-5-18-12/h2-6,14H,7,13H2,1H3. The minimum atomic E-state index is -0.389. The van der Waals surface area contributed by atoms with E-state index in [-0.39, 0.29) is 10.6 Å². The molecular weight excluding hydrogens is 250 g/mol. The normalized spacial score (nSPS) is 10.3. The van der Waals surface area contributed by atoms with E-state index in [0.717, 1.165) is 10.4 Å². The van der Waals surface area contributed by atoms with Crippen molar-refractivity contribution in [2.45, 2.75) is 13.5 Å². The summed E-state index contributed by atoms with van der Waals surface area (Å²) < 4.78 is 0. The third kappa shape index (κ3) is 2.60. The van der Waals surface area contributed by atoms with E-state index in [1.807, 2.05) is 18.4 Å². The first-order valence-electron chi connectivity index (χ1n) is 5.38. The van der Waals surface area contributed by atoms with Gasteiger partial charge in [-0.2, -0.15) is 0 Å². The van der Waals surface area contributed by atoms with Crippen LogP contribution in [0.15, 0.2) is 29.6 Å². The minimum Gasteiger partial charge on any atom is -0.398 e. The first-order chi connectivity index (χ1) is 8.58. The summed E-state index contributed by atoms with van der Waals surface area (Å²) in [6.45, 7) is 2.39. The third-order valence-electron chi connectivity index (χ3n) is 2.57. The number of hydrogen-bond donors (Lipinski definition) is 2. The number of aryl methyl sites for hydroxylation is 1. The molecule has 5 nitrogen and oxygen atoms in total. The van der Waals surface area contributed by atoms with Crippen LogP contribution in [-0.4, -0.2) is 4.92 Å². The summed E-state index contributed by atoms with van der Waals surface area (Å²) in [7, 11) is 0. The Morgan fingerprint density at radius 1 is 1.44 bits per heavy atom. The zero-order valence-electron chi connectivity index (χ0n) is 9.84. The fourth-order valence-electron chi connectivity index (χ4n) is 1.62. The lowest BCUT2D eigenvalue weighted by molar-refractivity contribution is -0.384. The summed E-state index contributed by atoms with van der Waals surface area (Å²) in [6.07, 6.45) is 0. The lowest BCUT2D eigenvalue weighted by Crippen LogP contribution is -2.03. The largest absolute Gasteiger partial charge is 0.398 e. The summed E-state index contributed by atoms with van der Waals surface area (Å²) in [6, 6.07) is 6.83. The number of hydrogen-bond acceptors (Lipinski definition) is 5. The second-order valence-electron chi connectivity index (χ2n) is 3.93. The molecule has 0 unspecified atom stereocenters. The maximum atomic E-state index is 10.9. The molecule has 0 amide bonds. The van der Waals surface area contributed by atoms with Crippen molar-refractivity contribution in [1.29, 1.82) is 0 Å². The molecule has 0 saturated carbocycles. The van der Waals surface area contributed by atoms with Gasteiger partial charge in [-0.1, -0.05) is 6.07 Å². The first-order valence-corrected chi connectivity index (χ1v) is 6.26. The van der Waals surface area contributed by atoms with Crippen molar-refractivity contribution in [2.75, 3.05) is 11.1 Å². The summed E-state index contributed by atoms with van der Waals surface area (Å²) in [5.41, 5.74) is 8.05. The van der Waals surface area contributed by atoms with E-state index in [4.69, 9.17) is 5.73 Å². The molecule has 0 radical (unpaired) electrons. The van der Waals surface area contributed by atoms with Gasteiger partial charge in [0.05, 0.1) is 11.5 Å². The average Bonchev–Trinajstić information content (AvgIpc) is 2.72. The van der Waals surface area contributed by atoms with E-state index in [9.17, 15) is 10.1 Å².